The molecule has 2 atom stereocenters. The Labute approximate surface area is 117 Å². The molecule has 4 nitrogen and oxygen atoms in total. The van der Waals surface area contributed by atoms with Crippen LogP contribution in [-0.2, 0) is 9.47 Å². The third-order valence-electron chi connectivity index (χ3n) is 3.56. The Morgan fingerprint density at radius 1 is 1.42 bits per heavy atom. The Hall–Kier alpha value is -0.160. The fourth-order valence-corrected chi connectivity index (χ4v) is 2.35. The van der Waals surface area contributed by atoms with Gasteiger partial charge in [-0.3, -0.25) is 0 Å². The second-order valence-corrected chi connectivity index (χ2v) is 6.30. The molecule has 2 unspecified atom stereocenters. The second kappa shape index (κ2) is 8.90. The van der Waals surface area contributed by atoms with Gasteiger partial charge in [-0.15, -0.1) is 0 Å². The topological polar surface area (TPSA) is 50.7 Å². The van der Waals surface area contributed by atoms with Crippen molar-refractivity contribution < 1.29 is 14.6 Å². The fraction of sp³-hybridized carbons (Fsp3) is 1.00. The van der Waals surface area contributed by atoms with Crippen molar-refractivity contribution in [2.75, 3.05) is 32.9 Å². The summed E-state index contributed by atoms with van der Waals surface area (Å²) in [7, 11) is 0. The van der Waals surface area contributed by atoms with Crippen molar-refractivity contribution in [3.8, 4) is 0 Å². The standard InChI is InChI=1S/C15H31NO3/c1-13(2)6-4-8-18-11-14(17)10-16-12-15(3)7-5-9-19-15/h13-14,16-17H,4-12H2,1-3H3. The van der Waals surface area contributed by atoms with Crippen LogP contribution in [0.25, 0.3) is 0 Å². The third-order valence-corrected chi connectivity index (χ3v) is 3.56. The van der Waals surface area contributed by atoms with Gasteiger partial charge in [-0.05, 0) is 38.5 Å². The van der Waals surface area contributed by atoms with Gasteiger partial charge in [0.05, 0.1) is 18.3 Å². The van der Waals surface area contributed by atoms with E-state index >= 15 is 0 Å². The molecule has 1 heterocycles. The molecule has 0 bridgehead atoms. The molecular formula is C15H31NO3. The molecule has 19 heavy (non-hydrogen) atoms. The average molecular weight is 273 g/mol. The number of nitrogens with one attached hydrogen (secondary N) is 1. The number of ether oxygens (including phenoxy) is 2. The maximum absolute atomic E-state index is 9.79. The number of rotatable bonds is 10. The second-order valence-electron chi connectivity index (χ2n) is 6.30. The van der Waals surface area contributed by atoms with Gasteiger partial charge in [0.15, 0.2) is 0 Å². The number of aliphatic hydroxyl groups excluding tert-OH is 1. The molecule has 0 saturated carbocycles. The molecule has 1 aliphatic rings. The average Bonchev–Trinajstić information content (AvgIpc) is 2.75. The molecular weight excluding hydrogens is 242 g/mol. The molecule has 1 aliphatic heterocycles. The van der Waals surface area contributed by atoms with Gasteiger partial charge in [-0.25, -0.2) is 0 Å². The summed E-state index contributed by atoms with van der Waals surface area (Å²) >= 11 is 0. The van der Waals surface area contributed by atoms with Gasteiger partial charge in [0.2, 0.25) is 0 Å². The normalized spacial score (nSPS) is 25.1. The Bertz CT molecular complexity index is 227. The monoisotopic (exact) mass is 273 g/mol. The van der Waals surface area contributed by atoms with E-state index in [9.17, 15) is 5.11 Å². The molecule has 2 N–H and O–H groups in total. The van der Waals surface area contributed by atoms with Crippen LogP contribution in [0.2, 0.25) is 0 Å². The van der Waals surface area contributed by atoms with E-state index in [1.54, 1.807) is 0 Å². The van der Waals surface area contributed by atoms with Crippen molar-refractivity contribution in [3.05, 3.63) is 0 Å². The largest absolute Gasteiger partial charge is 0.389 e. The van der Waals surface area contributed by atoms with Crippen molar-refractivity contribution in [2.45, 2.75) is 58.2 Å². The van der Waals surface area contributed by atoms with Crippen LogP contribution < -0.4 is 5.32 Å². The number of hydrogen-bond donors (Lipinski definition) is 2. The molecule has 0 aromatic rings. The molecule has 0 aromatic heterocycles. The molecule has 0 spiro atoms. The zero-order valence-electron chi connectivity index (χ0n) is 12.8. The first-order valence-electron chi connectivity index (χ1n) is 7.62. The van der Waals surface area contributed by atoms with Crippen LogP contribution in [0.4, 0.5) is 0 Å². The van der Waals surface area contributed by atoms with Crippen LogP contribution in [0, 0.1) is 5.92 Å². The minimum atomic E-state index is -0.427. The van der Waals surface area contributed by atoms with Crippen LogP contribution >= 0.6 is 0 Å². The van der Waals surface area contributed by atoms with Crippen LogP contribution in [0.1, 0.15) is 46.5 Å². The Morgan fingerprint density at radius 3 is 2.84 bits per heavy atom. The van der Waals surface area contributed by atoms with Gasteiger partial charge in [-0.1, -0.05) is 13.8 Å². The van der Waals surface area contributed by atoms with Crippen LogP contribution in [0.3, 0.4) is 0 Å². The first-order valence-corrected chi connectivity index (χ1v) is 7.62. The molecule has 0 radical (unpaired) electrons. The lowest BCUT2D eigenvalue weighted by Crippen LogP contribution is -2.41. The van der Waals surface area contributed by atoms with Gasteiger partial charge in [0, 0.05) is 26.3 Å². The quantitative estimate of drug-likeness (QED) is 0.597. The molecule has 1 rings (SSSR count). The van der Waals surface area contributed by atoms with E-state index in [2.05, 4.69) is 26.1 Å². The summed E-state index contributed by atoms with van der Waals surface area (Å²) in [5.41, 5.74) is -0.0438. The SMILES string of the molecule is CC(C)CCCOCC(O)CNCC1(C)CCCO1. The Kier molecular flexibility index (Phi) is 7.91. The van der Waals surface area contributed by atoms with Crippen molar-refractivity contribution in [2.24, 2.45) is 5.92 Å². The van der Waals surface area contributed by atoms with E-state index < -0.39 is 6.10 Å². The zero-order valence-corrected chi connectivity index (χ0v) is 12.8. The van der Waals surface area contributed by atoms with Crippen molar-refractivity contribution >= 4 is 0 Å². The highest BCUT2D eigenvalue weighted by molar-refractivity contribution is 4.82. The maximum Gasteiger partial charge on any atom is 0.0897 e. The number of aliphatic hydroxyl groups is 1. The third kappa shape index (κ3) is 7.88. The Balaban J connectivity index is 1.94. The minimum Gasteiger partial charge on any atom is -0.389 e. The molecule has 114 valence electrons. The van der Waals surface area contributed by atoms with E-state index in [0.717, 1.165) is 44.9 Å². The first kappa shape index (κ1) is 16.9. The lowest BCUT2D eigenvalue weighted by molar-refractivity contribution is 0.00999. The van der Waals surface area contributed by atoms with Crippen molar-refractivity contribution in [1.29, 1.82) is 0 Å². The van der Waals surface area contributed by atoms with Gasteiger partial charge >= 0.3 is 0 Å². The lowest BCUT2D eigenvalue weighted by atomic mass is 10.0. The molecule has 0 amide bonds. The van der Waals surface area contributed by atoms with Gasteiger partial charge in [0.25, 0.3) is 0 Å². The predicted molar refractivity (Wildman–Crippen MR) is 77.4 cm³/mol. The summed E-state index contributed by atoms with van der Waals surface area (Å²) in [5.74, 6) is 0.724. The highest BCUT2D eigenvalue weighted by atomic mass is 16.5. The van der Waals surface area contributed by atoms with E-state index in [4.69, 9.17) is 9.47 Å². The lowest BCUT2D eigenvalue weighted by Gasteiger charge is -2.24. The molecule has 1 saturated heterocycles. The summed E-state index contributed by atoms with van der Waals surface area (Å²) in [5, 5.41) is 13.1. The highest BCUT2D eigenvalue weighted by Gasteiger charge is 2.29. The predicted octanol–water partition coefficient (Wildman–Crippen LogP) is 1.96. The van der Waals surface area contributed by atoms with Crippen LogP contribution in [-0.4, -0.2) is 49.7 Å². The molecule has 0 aliphatic carbocycles. The first-order chi connectivity index (χ1) is 9.02. The summed E-state index contributed by atoms with van der Waals surface area (Å²) in [6.07, 6.45) is 4.07. The smallest absolute Gasteiger partial charge is 0.0897 e. The summed E-state index contributed by atoms with van der Waals surface area (Å²) < 4.78 is 11.2. The van der Waals surface area contributed by atoms with Gasteiger partial charge in [-0.2, -0.15) is 0 Å². The van der Waals surface area contributed by atoms with Crippen molar-refractivity contribution in [3.63, 3.8) is 0 Å². The summed E-state index contributed by atoms with van der Waals surface area (Å²) in [4.78, 5) is 0. The van der Waals surface area contributed by atoms with E-state index in [1.807, 2.05) is 0 Å². The molecule has 0 aromatic carbocycles. The maximum atomic E-state index is 9.79. The van der Waals surface area contributed by atoms with Crippen molar-refractivity contribution in [1.82, 2.24) is 5.32 Å². The minimum absolute atomic E-state index is 0.0438. The van der Waals surface area contributed by atoms with E-state index in [0.29, 0.717) is 13.2 Å². The fourth-order valence-electron chi connectivity index (χ4n) is 2.35. The van der Waals surface area contributed by atoms with E-state index in [-0.39, 0.29) is 5.60 Å². The van der Waals surface area contributed by atoms with Gasteiger partial charge in [0.1, 0.15) is 0 Å². The molecule has 1 fully saturated rings. The Morgan fingerprint density at radius 2 is 2.21 bits per heavy atom. The van der Waals surface area contributed by atoms with Crippen LogP contribution in [0.5, 0.6) is 0 Å². The molecule has 4 heteroatoms. The van der Waals surface area contributed by atoms with Crippen LogP contribution in [0.15, 0.2) is 0 Å². The summed E-state index contributed by atoms with van der Waals surface area (Å²) in [6, 6.07) is 0. The highest BCUT2D eigenvalue weighted by Crippen LogP contribution is 2.23. The number of hydrogen-bond acceptors (Lipinski definition) is 4. The zero-order chi connectivity index (χ0) is 14.1. The summed E-state index contributed by atoms with van der Waals surface area (Å²) in [6.45, 7) is 9.95. The van der Waals surface area contributed by atoms with E-state index in [1.165, 1.54) is 6.42 Å². The van der Waals surface area contributed by atoms with Gasteiger partial charge < -0.3 is 19.9 Å².